The fraction of sp³-hybridized carbons (Fsp3) is 0.519. The van der Waals surface area contributed by atoms with Crippen molar-refractivity contribution >= 4 is 35.5 Å². The molecule has 0 atom stereocenters. The maximum absolute atomic E-state index is 12.1. The zero-order valence-corrected chi connectivity index (χ0v) is 21.9. The molecular weight excluding hydrogens is 476 g/mol. The van der Waals surface area contributed by atoms with E-state index in [0.717, 1.165) is 36.8 Å². The Labute approximate surface area is 219 Å². The first-order valence-corrected chi connectivity index (χ1v) is 12.7. The molecule has 0 fully saturated rings. The third-order valence-electron chi connectivity index (χ3n) is 5.29. The molecule has 3 amide bonds. The molecule has 0 aliphatic rings. The van der Waals surface area contributed by atoms with E-state index in [0.29, 0.717) is 38.1 Å². The highest BCUT2D eigenvalue weighted by Gasteiger charge is 2.10. The van der Waals surface area contributed by atoms with Gasteiger partial charge in [0.05, 0.1) is 6.61 Å². The van der Waals surface area contributed by atoms with Crippen LogP contribution in [0.2, 0.25) is 0 Å². The SMILES string of the molecule is CN/C(C)=C\C(=O)Cc1ccc(NC(=O)CC(=O)NCCOCCCC(=O)NCCCCCC=O)cc1. The number of hydrogen-bond donors (Lipinski definition) is 4. The fourth-order valence-electron chi connectivity index (χ4n) is 3.23. The zero-order valence-electron chi connectivity index (χ0n) is 21.9. The smallest absolute Gasteiger partial charge is 0.233 e. The first-order chi connectivity index (χ1) is 17.8. The van der Waals surface area contributed by atoms with Crippen LogP contribution in [0.4, 0.5) is 5.69 Å². The second-order valence-corrected chi connectivity index (χ2v) is 8.57. The van der Waals surface area contributed by atoms with Crippen LogP contribution in [0.25, 0.3) is 0 Å². The summed E-state index contributed by atoms with van der Waals surface area (Å²) in [6.07, 6.45) is 6.52. The van der Waals surface area contributed by atoms with Crippen molar-refractivity contribution in [1.82, 2.24) is 16.0 Å². The summed E-state index contributed by atoms with van der Waals surface area (Å²) in [6, 6.07) is 6.90. The van der Waals surface area contributed by atoms with E-state index in [1.165, 1.54) is 0 Å². The molecule has 37 heavy (non-hydrogen) atoms. The Balaban J connectivity index is 2.11. The van der Waals surface area contributed by atoms with Gasteiger partial charge in [0.15, 0.2) is 5.78 Å². The van der Waals surface area contributed by atoms with Gasteiger partial charge in [0.1, 0.15) is 12.7 Å². The van der Waals surface area contributed by atoms with E-state index in [2.05, 4.69) is 21.3 Å². The fourth-order valence-corrected chi connectivity index (χ4v) is 3.23. The highest BCUT2D eigenvalue weighted by Crippen LogP contribution is 2.11. The molecule has 10 heteroatoms. The van der Waals surface area contributed by atoms with E-state index in [1.807, 2.05) is 6.92 Å². The minimum Gasteiger partial charge on any atom is -0.392 e. The summed E-state index contributed by atoms with van der Waals surface area (Å²) in [5.74, 6) is -0.908. The number of unbranched alkanes of at least 4 members (excludes halogenated alkanes) is 3. The van der Waals surface area contributed by atoms with Crippen molar-refractivity contribution in [3.8, 4) is 0 Å². The molecule has 0 unspecified atom stereocenters. The van der Waals surface area contributed by atoms with Crippen molar-refractivity contribution in [2.75, 3.05) is 38.7 Å². The molecule has 0 aliphatic heterocycles. The standard InChI is InChI=1S/C27H40N4O6/c1-21(28-2)18-24(33)19-22-9-11-23(12-10-22)31-27(36)20-26(35)30-14-17-37-16-7-8-25(34)29-13-5-3-4-6-15-32/h9-12,15,18,28H,3-8,13-14,16-17,19-20H2,1-2H3,(H,29,34)(H,30,35)(H,31,36)/b21-18-. The number of rotatable bonds is 20. The topological polar surface area (TPSA) is 143 Å². The van der Waals surface area contributed by atoms with E-state index >= 15 is 0 Å². The Morgan fingerprint density at radius 3 is 2.30 bits per heavy atom. The average Bonchev–Trinajstić information content (AvgIpc) is 2.86. The van der Waals surface area contributed by atoms with Crippen molar-refractivity contribution in [2.24, 2.45) is 0 Å². The molecule has 204 valence electrons. The lowest BCUT2D eigenvalue weighted by Gasteiger charge is -2.08. The Kier molecular flexibility index (Phi) is 16.7. The molecule has 1 aromatic carbocycles. The number of carbonyl (C=O) groups excluding carboxylic acids is 5. The normalized spacial score (nSPS) is 10.9. The predicted molar refractivity (Wildman–Crippen MR) is 142 cm³/mol. The third-order valence-corrected chi connectivity index (χ3v) is 5.29. The van der Waals surface area contributed by atoms with Gasteiger partial charge in [0.2, 0.25) is 17.7 Å². The first kappa shape index (κ1) is 31.5. The number of ether oxygens (including phenoxy) is 1. The van der Waals surface area contributed by atoms with E-state index in [4.69, 9.17) is 4.74 Å². The summed E-state index contributed by atoms with van der Waals surface area (Å²) in [4.78, 5) is 57.9. The lowest BCUT2D eigenvalue weighted by molar-refractivity contribution is -0.127. The molecule has 1 aromatic rings. The molecule has 0 aliphatic carbocycles. The van der Waals surface area contributed by atoms with Crippen molar-refractivity contribution < 1.29 is 28.7 Å². The minimum absolute atomic E-state index is 0.0237. The Hall–Kier alpha value is -3.53. The molecule has 0 radical (unpaired) electrons. The van der Waals surface area contributed by atoms with Crippen LogP contribution in [0, 0.1) is 0 Å². The van der Waals surface area contributed by atoms with Crippen molar-refractivity contribution in [3.05, 3.63) is 41.6 Å². The van der Waals surface area contributed by atoms with Gasteiger partial charge in [-0.25, -0.2) is 0 Å². The van der Waals surface area contributed by atoms with Crippen molar-refractivity contribution in [2.45, 2.75) is 58.3 Å². The van der Waals surface area contributed by atoms with Crippen molar-refractivity contribution in [3.63, 3.8) is 0 Å². The summed E-state index contributed by atoms with van der Waals surface area (Å²) < 4.78 is 5.41. The highest BCUT2D eigenvalue weighted by atomic mass is 16.5. The van der Waals surface area contributed by atoms with Crippen LogP contribution in [0.3, 0.4) is 0 Å². The number of anilines is 1. The van der Waals surface area contributed by atoms with Gasteiger partial charge in [0.25, 0.3) is 0 Å². The van der Waals surface area contributed by atoms with E-state index in [-0.39, 0.29) is 37.7 Å². The second kappa shape index (κ2) is 19.6. The van der Waals surface area contributed by atoms with Gasteiger partial charge in [-0.15, -0.1) is 0 Å². The van der Waals surface area contributed by atoms with Gasteiger partial charge in [-0.05, 0) is 43.9 Å². The molecule has 4 N–H and O–H groups in total. The zero-order chi connectivity index (χ0) is 27.3. The van der Waals surface area contributed by atoms with Crippen LogP contribution >= 0.6 is 0 Å². The minimum atomic E-state index is -0.440. The van der Waals surface area contributed by atoms with Crippen LogP contribution in [0.5, 0.6) is 0 Å². The van der Waals surface area contributed by atoms with E-state index in [1.54, 1.807) is 37.4 Å². The Bertz CT molecular complexity index is 899. The molecule has 1 rings (SSSR count). The number of amides is 3. The number of hydrogen-bond acceptors (Lipinski definition) is 7. The quantitative estimate of drug-likeness (QED) is 0.0899. The largest absolute Gasteiger partial charge is 0.392 e. The van der Waals surface area contributed by atoms with Gasteiger partial charge in [-0.3, -0.25) is 19.2 Å². The van der Waals surface area contributed by atoms with Gasteiger partial charge in [-0.1, -0.05) is 18.6 Å². The van der Waals surface area contributed by atoms with Crippen LogP contribution < -0.4 is 21.3 Å². The number of benzene rings is 1. The summed E-state index contributed by atoms with van der Waals surface area (Å²) in [7, 11) is 1.75. The molecule has 10 nitrogen and oxygen atoms in total. The van der Waals surface area contributed by atoms with Crippen LogP contribution in [-0.2, 0) is 35.1 Å². The average molecular weight is 517 g/mol. The molecule has 0 bridgehead atoms. The second-order valence-electron chi connectivity index (χ2n) is 8.57. The maximum Gasteiger partial charge on any atom is 0.233 e. The lowest BCUT2D eigenvalue weighted by Crippen LogP contribution is -2.30. The van der Waals surface area contributed by atoms with Crippen molar-refractivity contribution in [1.29, 1.82) is 0 Å². The summed E-state index contributed by atoms with van der Waals surface area (Å²) in [5, 5.41) is 11.0. The third kappa shape index (κ3) is 16.7. The lowest BCUT2D eigenvalue weighted by atomic mass is 10.1. The molecule has 0 heterocycles. The van der Waals surface area contributed by atoms with Crippen LogP contribution in [0.1, 0.15) is 57.4 Å². The number of ketones is 1. The van der Waals surface area contributed by atoms with Gasteiger partial charge in [0, 0.05) is 63.5 Å². The number of nitrogens with one attached hydrogen (secondary N) is 4. The van der Waals surface area contributed by atoms with Gasteiger partial charge < -0.3 is 30.8 Å². The molecular formula is C27H40N4O6. The summed E-state index contributed by atoms with van der Waals surface area (Å²) in [6.45, 7) is 3.38. The summed E-state index contributed by atoms with van der Waals surface area (Å²) >= 11 is 0. The Morgan fingerprint density at radius 1 is 0.865 bits per heavy atom. The Morgan fingerprint density at radius 2 is 1.59 bits per heavy atom. The monoisotopic (exact) mass is 516 g/mol. The van der Waals surface area contributed by atoms with Crippen LogP contribution in [0.15, 0.2) is 36.0 Å². The molecule has 0 saturated carbocycles. The maximum atomic E-state index is 12.1. The van der Waals surface area contributed by atoms with Crippen LogP contribution in [-0.4, -0.2) is 63.1 Å². The van der Waals surface area contributed by atoms with Gasteiger partial charge in [-0.2, -0.15) is 0 Å². The number of aldehydes is 1. The van der Waals surface area contributed by atoms with Gasteiger partial charge >= 0.3 is 0 Å². The number of allylic oxidation sites excluding steroid dienone is 2. The molecule has 0 saturated heterocycles. The molecule has 0 aromatic heterocycles. The highest BCUT2D eigenvalue weighted by molar-refractivity contribution is 6.03. The predicted octanol–water partition coefficient (Wildman–Crippen LogP) is 2.04. The summed E-state index contributed by atoms with van der Waals surface area (Å²) in [5.41, 5.74) is 2.15. The van der Waals surface area contributed by atoms with E-state index in [9.17, 15) is 24.0 Å². The molecule has 0 spiro atoms. The van der Waals surface area contributed by atoms with E-state index < -0.39 is 11.8 Å². The first-order valence-electron chi connectivity index (χ1n) is 12.7. The number of carbonyl (C=O) groups is 5.